The zero-order valence-corrected chi connectivity index (χ0v) is 13.2. The highest BCUT2D eigenvalue weighted by Gasteiger charge is 2.08. The Kier molecular flexibility index (Phi) is 4.66. The fourth-order valence-electron chi connectivity index (χ4n) is 2.30. The molecule has 0 aliphatic heterocycles. The fraction of sp³-hybridized carbons (Fsp3) is 0.100. The third-order valence-electron chi connectivity index (χ3n) is 3.51. The van der Waals surface area contributed by atoms with Crippen molar-refractivity contribution in [2.45, 2.75) is 13.3 Å². The molecule has 0 aliphatic carbocycles. The molecular formula is C20H16FNO2. The highest BCUT2D eigenvalue weighted by molar-refractivity contribution is 5.88. The lowest BCUT2D eigenvalue weighted by molar-refractivity contribution is -0.133. The minimum absolute atomic E-state index is 0.280. The van der Waals surface area contributed by atoms with Crippen LogP contribution in [0.2, 0.25) is 0 Å². The van der Waals surface area contributed by atoms with Gasteiger partial charge in [-0.3, -0.25) is 4.79 Å². The number of benzene rings is 2. The minimum atomic E-state index is -0.301. The summed E-state index contributed by atoms with van der Waals surface area (Å²) in [4.78, 5) is 16.1. The highest BCUT2D eigenvalue weighted by atomic mass is 19.1. The van der Waals surface area contributed by atoms with Gasteiger partial charge in [0, 0.05) is 11.8 Å². The van der Waals surface area contributed by atoms with Crippen molar-refractivity contribution in [1.82, 2.24) is 4.98 Å². The van der Waals surface area contributed by atoms with Crippen LogP contribution >= 0.6 is 0 Å². The molecule has 3 nitrogen and oxygen atoms in total. The van der Waals surface area contributed by atoms with E-state index < -0.39 is 0 Å². The maximum absolute atomic E-state index is 13.2. The number of para-hydroxylation sites is 1. The molecule has 0 radical (unpaired) electrons. The van der Waals surface area contributed by atoms with Gasteiger partial charge in [0.1, 0.15) is 11.3 Å². The predicted octanol–water partition coefficient (Wildman–Crippen LogP) is 4.86. The van der Waals surface area contributed by atoms with Crippen molar-refractivity contribution < 1.29 is 13.9 Å². The van der Waals surface area contributed by atoms with Crippen molar-refractivity contribution in [2.24, 2.45) is 0 Å². The number of rotatable bonds is 4. The number of esters is 1. The van der Waals surface area contributed by atoms with Gasteiger partial charge in [-0.05, 0) is 35.9 Å². The summed E-state index contributed by atoms with van der Waals surface area (Å²) in [5.74, 6) is -0.136. The van der Waals surface area contributed by atoms with Crippen LogP contribution in [-0.4, -0.2) is 11.0 Å². The molecule has 0 atom stereocenters. The van der Waals surface area contributed by atoms with Crippen molar-refractivity contribution in [3.8, 4) is 5.75 Å². The van der Waals surface area contributed by atoms with Gasteiger partial charge in [-0.2, -0.15) is 0 Å². The zero-order chi connectivity index (χ0) is 16.9. The van der Waals surface area contributed by atoms with E-state index in [1.807, 2.05) is 30.3 Å². The molecule has 3 aromatic rings. The Morgan fingerprint density at radius 2 is 1.96 bits per heavy atom. The van der Waals surface area contributed by atoms with Crippen LogP contribution in [0.15, 0.2) is 54.6 Å². The molecule has 0 saturated carbocycles. The van der Waals surface area contributed by atoms with E-state index in [-0.39, 0.29) is 11.8 Å². The molecule has 2 aromatic carbocycles. The standard InChI is InChI=1S/C20H16FNO2/c1-2-19(23)24-18-8-4-6-15-10-12-17(22-20(15)18)11-9-14-5-3-7-16(21)13-14/h3-13H,2H2,1H3/b11-9+. The summed E-state index contributed by atoms with van der Waals surface area (Å²) >= 11 is 0. The number of carbonyl (C=O) groups is 1. The van der Waals surface area contributed by atoms with Gasteiger partial charge < -0.3 is 4.74 Å². The van der Waals surface area contributed by atoms with Crippen molar-refractivity contribution in [2.75, 3.05) is 0 Å². The summed E-state index contributed by atoms with van der Waals surface area (Å²) in [6.07, 6.45) is 3.89. The monoisotopic (exact) mass is 321 g/mol. The Balaban J connectivity index is 1.95. The second-order valence-corrected chi connectivity index (χ2v) is 5.28. The average Bonchev–Trinajstić information content (AvgIpc) is 2.60. The Hall–Kier alpha value is -3.01. The first-order valence-corrected chi connectivity index (χ1v) is 7.70. The van der Waals surface area contributed by atoms with Crippen LogP contribution in [0.25, 0.3) is 23.1 Å². The maximum Gasteiger partial charge on any atom is 0.310 e. The number of hydrogen-bond donors (Lipinski definition) is 0. The fourth-order valence-corrected chi connectivity index (χ4v) is 2.30. The van der Waals surface area contributed by atoms with Gasteiger partial charge in [-0.15, -0.1) is 0 Å². The van der Waals surface area contributed by atoms with Crippen LogP contribution in [0.3, 0.4) is 0 Å². The summed E-state index contributed by atoms with van der Waals surface area (Å²) < 4.78 is 18.5. The number of carbonyl (C=O) groups excluding carboxylic acids is 1. The van der Waals surface area contributed by atoms with E-state index in [0.717, 1.165) is 10.9 Å². The summed E-state index contributed by atoms with van der Waals surface area (Å²) in [6.45, 7) is 1.74. The predicted molar refractivity (Wildman–Crippen MR) is 93.0 cm³/mol. The number of ether oxygens (including phenoxy) is 1. The number of pyridine rings is 1. The summed E-state index contributed by atoms with van der Waals surface area (Å²) in [7, 11) is 0. The van der Waals surface area contributed by atoms with Crippen LogP contribution in [0.5, 0.6) is 5.75 Å². The Morgan fingerprint density at radius 1 is 1.12 bits per heavy atom. The quantitative estimate of drug-likeness (QED) is 0.509. The summed E-state index contributed by atoms with van der Waals surface area (Å²) in [6, 6.07) is 15.6. The lowest BCUT2D eigenvalue weighted by Gasteiger charge is -2.06. The maximum atomic E-state index is 13.2. The molecule has 120 valence electrons. The Bertz CT molecular complexity index is 918. The van der Waals surface area contributed by atoms with Gasteiger partial charge in [-0.1, -0.05) is 43.3 Å². The normalized spacial score (nSPS) is 11.1. The van der Waals surface area contributed by atoms with Crippen molar-refractivity contribution in [3.05, 3.63) is 71.7 Å². The lowest BCUT2D eigenvalue weighted by Crippen LogP contribution is -2.06. The SMILES string of the molecule is CCC(=O)Oc1cccc2ccc(/C=C/c3cccc(F)c3)nc12. The summed E-state index contributed by atoms with van der Waals surface area (Å²) in [5, 5.41) is 0.888. The van der Waals surface area contributed by atoms with Crippen LogP contribution in [0, 0.1) is 5.82 Å². The van der Waals surface area contributed by atoms with Crippen LogP contribution in [0.1, 0.15) is 24.6 Å². The third kappa shape index (κ3) is 3.66. The molecule has 1 aromatic heterocycles. The zero-order valence-electron chi connectivity index (χ0n) is 13.2. The van der Waals surface area contributed by atoms with E-state index in [1.165, 1.54) is 12.1 Å². The largest absolute Gasteiger partial charge is 0.424 e. The van der Waals surface area contributed by atoms with E-state index in [9.17, 15) is 9.18 Å². The van der Waals surface area contributed by atoms with Gasteiger partial charge >= 0.3 is 5.97 Å². The molecule has 0 fully saturated rings. The van der Waals surface area contributed by atoms with Crippen molar-refractivity contribution >= 4 is 29.0 Å². The first kappa shape index (κ1) is 15.9. The molecule has 0 unspecified atom stereocenters. The number of fused-ring (bicyclic) bond motifs is 1. The third-order valence-corrected chi connectivity index (χ3v) is 3.51. The number of halogens is 1. The van der Waals surface area contributed by atoms with Crippen molar-refractivity contribution in [1.29, 1.82) is 0 Å². The molecule has 3 rings (SSSR count). The Labute approximate surface area is 139 Å². The molecule has 0 bridgehead atoms. The molecule has 1 heterocycles. The second kappa shape index (κ2) is 7.04. The summed E-state index contributed by atoms with van der Waals surface area (Å²) in [5.41, 5.74) is 2.08. The van der Waals surface area contributed by atoms with Crippen molar-refractivity contribution in [3.63, 3.8) is 0 Å². The number of nitrogens with zero attached hydrogens (tertiary/aromatic N) is 1. The van der Waals surface area contributed by atoms with E-state index in [0.29, 0.717) is 23.4 Å². The van der Waals surface area contributed by atoms with Gasteiger partial charge in [0.25, 0.3) is 0 Å². The molecule has 0 amide bonds. The van der Waals surface area contributed by atoms with E-state index >= 15 is 0 Å². The lowest BCUT2D eigenvalue weighted by atomic mass is 10.1. The minimum Gasteiger partial charge on any atom is -0.424 e. The van der Waals surface area contributed by atoms with Gasteiger partial charge in [0.2, 0.25) is 0 Å². The number of aromatic nitrogens is 1. The van der Waals surface area contributed by atoms with Crippen LogP contribution in [0.4, 0.5) is 4.39 Å². The molecule has 24 heavy (non-hydrogen) atoms. The highest BCUT2D eigenvalue weighted by Crippen LogP contribution is 2.25. The van der Waals surface area contributed by atoms with Gasteiger partial charge in [-0.25, -0.2) is 9.37 Å². The van der Waals surface area contributed by atoms with Gasteiger partial charge in [0.05, 0.1) is 5.69 Å². The first-order chi connectivity index (χ1) is 11.7. The molecule has 0 aliphatic rings. The topological polar surface area (TPSA) is 39.2 Å². The molecule has 0 N–H and O–H groups in total. The molecular weight excluding hydrogens is 305 g/mol. The van der Waals surface area contributed by atoms with Crippen LogP contribution in [-0.2, 0) is 4.79 Å². The van der Waals surface area contributed by atoms with E-state index in [2.05, 4.69) is 4.98 Å². The smallest absolute Gasteiger partial charge is 0.310 e. The molecule has 0 saturated heterocycles. The second-order valence-electron chi connectivity index (χ2n) is 5.28. The van der Waals surface area contributed by atoms with E-state index in [4.69, 9.17) is 4.74 Å². The molecule has 4 heteroatoms. The average molecular weight is 321 g/mol. The number of hydrogen-bond acceptors (Lipinski definition) is 3. The van der Waals surface area contributed by atoms with E-state index in [1.54, 1.807) is 31.2 Å². The first-order valence-electron chi connectivity index (χ1n) is 7.70. The Morgan fingerprint density at radius 3 is 2.75 bits per heavy atom. The van der Waals surface area contributed by atoms with Crippen LogP contribution < -0.4 is 4.74 Å². The van der Waals surface area contributed by atoms with Gasteiger partial charge in [0.15, 0.2) is 5.75 Å². The molecule has 0 spiro atoms.